The van der Waals surface area contributed by atoms with Crippen LogP contribution in [-0.4, -0.2) is 11.0 Å². The molecule has 0 fully saturated rings. The summed E-state index contributed by atoms with van der Waals surface area (Å²) in [5.41, 5.74) is 8.59. The van der Waals surface area contributed by atoms with Gasteiger partial charge in [-0.1, -0.05) is 55.0 Å². The van der Waals surface area contributed by atoms with Gasteiger partial charge in [-0.15, -0.1) is 21.6 Å². The third-order valence-corrected chi connectivity index (χ3v) is 6.43. The predicted octanol–water partition coefficient (Wildman–Crippen LogP) is 7.43. The number of esters is 1. The predicted molar refractivity (Wildman–Crippen MR) is 130 cm³/mol. The van der Waals surface area contributed by atoms with Gasteiger partial charge in [-0.25, -0.2) is 9.78 Å². The summed E-state index contributed by atoms with van der Waals surface area (Å²) in [5.74, 6) is -0.390. The van der Waals surface area contributed by atoms with Crippen LogP contribution < -0.4 is 10.5 Å². The number of thiophene rings is 1. The summed E-state index contributed by atoms with van der Waals surface area (Å²) in [7, 11) is 0. The number of benzene rings is 2. The SMILES string of the molecule is CCCCc1ccc(OC(=O)c2ccc(N=Nc3sc(N)nc3-c3ccccc3)cc2)s1. The first-order valence-corrected chi connectivity index (χ1v) is 11.9. The van der Waals surface area contributed by atoms with Gasteiger partial charge in [0.15, 0.2) is 15.2 Å². The quantitative estimate of drug-likeness (QED) is 0.218. The minimum atomic E-state index is -0.390. The van der Waals surface area contributed by atoms with Gasteiger partial charge >= 0.3 is 5.97 Å². The Morgan fingerprint density at radius 3 is 2.53 bits per heavy atom. The second kappa shape index (κ2) is 10.3. The zero-order valence-electron chi connectivity index (χ0n) is 17.5. The number of anilines is 1. The number of carbonyl (C=O) groups excluding carboxylic acids is 1. The molecule has 4 aromatic rings. The van der Waals surface area contributed by atoms with Crippen LogP contribution in [0.3, 0.4) is 0 Å². The first-order chi connectivity index (χ1) is 15.6. The van der Waals surface area contributed by atoms with E-state index in [4.69, 9.17) is 10.5 Å². The molecule has 2 N–H and O–H groups in total. The van der Waals surface area contributed by atoms with E-state index in [-0.39, 0.29) is 5.97 Å². The van der Waals surface area contributed by atoms with Crippen LogP contribution in [0.25, 0.3) is 11.3 Å². The highest BCUT2D eigenvalue weighted by atomic mass is 32.1. The van der Waals surface area contributed by atoms with E-state index in [1.165, 1.54) is 27.6 Å². The van der Waals surface area contributed by atoms with Gasteiger partial charge in [0.25, 0.3) is 0 Å². The maximum atomic E-state index is 12.4. The number of unbranched alkanes of at least 4 members (excludes halogenated alkanes) is 1. The molecule has 2 aromatic heterocycles. The molecule has 0 saturated carbocycles. The van der Waals surface area contributed by atoms with E-state index in [0.29, 0.717) is 32.1 Å². The normalized spacial score (nSPS) is 11.2. The van der Waals surface area contributed by atoms with Crippen molar-refractivity contribution in [3.63, 3.8) is 0 Å². The van der Waals surface area contributed by atoms with E-state index >= 15 is 0 Å². The van der Waals surface area contributed by atoms with E-state index < -0.39 is 0 Å². The van der Waals surface area contributed by atoms with Crippen LogP contribution in [0.5, 0.6) is 5.06 Å². The lowest BCUT2D eigenvalue weighted by Gasteiger charge is -2.02. The molecular formula is C24H22N4O2S2. The highest BCUT2D eigenvalue weighted by Gasteiger charge is 2.12. The number of carbonyl (C=O) groups is 1. The molecule has 6 nitrogen and oxygen atoms in total. The van der Waals surface area contributed by atoms with E-state index in [1.807, 2.05) is 42.5 Å². The van der Waals surface area contributed by atoms with Crippen LogP contribution >= 0.6 is 22.7 Å². The molecule has 0 radical (unpaired) electrons. The van der Waals surface area contributed by atoms with E-state index in [9.17, 15) is 4.79 Å². The topological polar surface area (TPSA) is 89.9 Å². The summed E-state index contributed by atoms with van der Waals surface area (Å²) in [4.78, 5) is 18.0. The summed E-state index contributed by atoms with van der Waals surface area (Å²) in [5, 5.41) is 10.3. The average molecular weight is 463 g/mol. The Morgan fingerprint density at radius 2 is 1.78 bits per heavy atom. The molecule has 0 unspecified atom stereocenters. The van der Waals surface area contributed by atoms with Gasteiger partial charge in [0.2, 0.25) is 0 Å². The summed E-state index contributed by atoms with van der Waals surface area (Å²) in [6.07, 6.45) is 3.28. The first kappa shape index (κ1) is 21.9. The summed E-state index contributed by atoms with van der Waals surface area (Å²) in [6, 6.07) is 20.4. The van der Waals surface area contributed by atoms with Crippen LogP contribution in [-0.2, 0) is 6.42 Å². The van der Waals surface area contributed by atoms with Crippen molar-refractivity contribution >= 4 is 44.5 Å². The minimum absolute atomic E-state index is 0.390. The number of azo groups is 1. The van der Waals surface area contributed by atoms with Crippen molar-refractivity contribution in [1.82, 2.24) is 4.98 Å². The van der Waals surface area contributed by atoms with Crippen molar-refractivity contribution in [3.05, 3.63) is 77.2 Å². The van der Waals surface area contributed by atoms with Gasteiger partial charge < -0.3 is 10.5 Å². The molecule has 0 aliphatic rings. The van der Waals surface area contributed by atoms with Gasteiger partial charge in [-0.3, -0.25) is 0 Å². The minimum Gasteiger partial charge on any atom is -0.412 e. The van der Waals surface area contributed by atoms with Gasteiger partial charge in [0, 0.05) is 10.4 Å². The van der Waals surface area contributed by atoms with Crippen molar-refractivity contribution in [1.29, 1.82) is 0 Å². The number of nitrogens with two attached hydrogens (primary N) is 1. The zero-order valence-corrected chi connectivity index (χ0v) is 19.2. The molecule has 32 heavy (non-hydrogen) atoms. The largest absolute Gasteiger partial charge is 0.412 e. The third-order valence-electron chi connectivity index (χ3n) is 4.64. The Kier molecular flexibility index (Phi) is 7.03. The Labute approximate surface area is 194 Å². The molecule has 0 aliphatic carbocycles. The second-order valence-electron chi connectivity index (χ2n) is 7.03. The number of ether oxygens (including phenoxy) is 1. The van der Waals surface area contributed by atoms with Gasteiger partial charge in [-0.2, -0.15) is 0 Å². The number of thiazole rings is 1. The third kappa shape index (κ3) is 5.46. The lowest BCUT2D eigenvalue weighted by Crippen LogP contribution is -2.06. The molecule has 2 heterocycles. The summed E-state index contributed by atoms with van der Waals surface area (Å²) in [6.45, 7) is 2.16. The molecule has 162 valence electrons. The van der Waals surface area contributed by atoms with Crippen LogP contribution in [0, 0.1) is 0 Å². The highest BCUT2D eigenvalue weighted by molar-refractivity contribution is 7.19. The fourth-order valence-corrected chi connectivity index (χ4v) is 4.57. The van der Waals surface area contributed by atoms with Crippen LogP contribution in [0.4, 0.5) is 15.8 Å². The fourth-order valence-electron chi connectivity index (χ4n) is 3.00. The molecule has 4 rings (SSSR count). The van der Waals surface area contributed by atoms with E-state index in [1.54, 1.807) is 24.3 Å². The van der Waals surface area contributed by atoms with Crippen molar-refractivity contribution in [2.75, 3.05) is 5.73 Å². The molecule has 0 atom stereocenters. The average Bonchev–Trinajstić information content (AvgIpc) is 3.43. The maximum Gasteiger partial charge on any atom is 0.344 e. The molecule has 0 bridgehead atoms. The molecule has 2 aromatic carbocycles. The Bertz CT molecular complexity index is 1210. The monoisotopic (exact) mass is 462 g/mol. The number of hydrogen-bond acceptors (Lipinski definition) is 8. The number of hydrogen-bond donors (Lipinski definition) is 1. The molecular weight excluding hydrogens is 440 g/mol. The molecule has 0 saturated heterocycles. The first-order valence-electron chi connectivity index (χ1n) is 10.3. The smallest absolute Gasteiger partial charge is 0.344 e. The summed E-state index contributed by atoms with van der Waals surface area (Å²) < 4.78 is 5.50. The van der Waals surface area contributed by atoms with Gasteiger partial charge in [0.05, 0.1) is 11.3 Å². The lowest BCUT2D eigenvalue weighted by molar-refractivity contribution is 0.0740. The number of aromatic nitrogens is 1. The van der Waals surface area contributed by atoms with Crippen molar-refractivity contribution in [2.45, 2.75) is 26.2 Å². The molecule has 0 amide bonds. The maximum absolute atomic E-state index is 12.4. The lowest BCUT2D eigenvalue weighted by atomic mass is 10.2. The standard InChI is InChI=1S/C24H22N4O2S2/c1-2-3-9-19-14-15-20(31-19)30-23(29)17-10-12-18(13-11-17)27-28-22-21(26-24(25)32-22)16-7-5-4-6-8-16/h4-8,10-15H,2-3,9H2,1H3,(H2,25,26). The Morgan fingerprint density at radius 1 is 1.00 bits per heavy atom. The number of nitrogen functional groups attached to an aromatic ring is 1. The van der Waals surface area contributed by atoms with Crippen molar-refractivity contribution < 1.29 is 9.53 Å². The number of nitrogens with zero attached hydrogens (tertiary/aromatic N) is 3. The van der Waals surface area contributed by atoms with Crippen molar-refractivity contribution in [2.24, 2.45) is 10.2 Å². The van der Waals surface area contributed by atoms with Gasteiger partial charge in [-0.05, 0) is 49.2 Å². The Balaban J connectivity index is 1.43. The molecule has 0 aliphatic heterocycles. The van der Waals surface area contributed by atoms with Crippen LogP contribution in [0.1, 0.15) is 35.0 Å². The summed E-state index contributed by atoms with van der Waals surface area (Å²) >= 11 is 2.79. The van der Waals surface area contributed by atoms with E-state index in [0.717, 1.165) is 24.8 Å². The van der Waals surface area contributed by atoms with Crippen molar-refractivity contribution in [3.8, 4) is 16.3 Å². The fraction of sp³-hybridized carbons (Fsp3) is 0.167. The number of aryl methyl sites for hydroxylation is 1. The van der Waals surface area contributed by atoms with Gasteiger partial charge in [0.1, 0.15) is 5.69 Å². The number of rotatable bonds is 8. The second-order valence-corrected chi connectivity index (χ2v) is 9.17. The Hall–Kier alpha value is -3.36. The van der Waals surface area contributed by atoms with E-state index in [2.05, 4.69) is 22.1 Å². The van der Waals surface area contributed by atoms with Crippen LogP contribution in [0.15, 0.2) is 77.0 Å². The zero-order chi connectivity index (χ0) is 22.3. The highest BCUT2D eigenvalue weighted by Crippen LogP contribution is 2.37. The molecule has 0 spiro atoms. The van der Waals surface area contributed by atoms with Crippen LogP contribution in [0.2, 0.25) is 0 Å². The molecule has 8 heteroatoms.